The molecule has 2 N–H and O–H groups in total. The number of carboxylic acid groups (broad SMARTS) is 1. The lowest BCUT2D eigenvalue weighted by Crippen LogP contribution is -1.95. The average molecular weight is 406 g/mol. The van der Waals surface area contributed by atoms with Crippen molar-refractivity contribution in [3.8, 4) is 33.8 Å². The molecule has 0 saturated heterocycles. The standard InChI is InChI=1S/C25H18N4O2/c1-15-4-2-7-22(29-15)24-23(27-14-28-24)17-8-9-21-19(11-17)12-20(13-26-21)16-5-3-6-18(10-16)25(30)31/h2-14H,1H3,(H,27,28)(H,30,31). The normalized spacial score (nSPS) is 11.0. The van der Waals surface area contributed by atoms with Crippen LogP contribution in [-0.4, -0.2) is 31.0 Å². The topological polar surface area (TPSA) is 91.8 Å². The first-order chi connectivity index (χ1) is 15.1. The molecule has 0 aliphatic heterocycles. The third kappa shape index (κ3) is 3.55. The Morgan fingerprint density at radius 3 is 2.58 bits per heavy atom. The SMILES string of the molecule is Cc1cccc(-c2[nH]cnc2-c2ccc3ncc(-c4cccc(C(=O)O)c4)cc3c2)n1. The Morgan fingerprint density at radius 1 is 0.903 bits per heavy atom. The third-order valence-corrected chi connectivity index (χ3v) is 5.18. The molecule has 0 fully saturated rings. The van der Waals surface area contributed by atoms with Gasteiger partial charge in [0.15, 0.2) is 0 Å². The highest BCUT2D eigenvalue weighted by atomic mass is 16.4. The molecule has 0 aliphatic carbocycles. The number of pyridine rings is 2. The van der Waals surface area contributed by atoms with Gasteiger partial charge in [0, 0.05) is 28.4 Å². The van der Waals surface area contributed by atoms with Gasteiger partial charge in [0.2, 0.25) is 0 Å². The van der Waals surface area contributed by atoms with E-state index in [4.69, 9.17) is 0 Å². The monoisotopic (exact) mass is 406 g/mol. The first-order valence-corrected chi connectivity index (χ1v) is 9.80. The quantitative estimate of drug-likeness (QED) is 0.419. The maximum atomic E-state index is 11.3. The van der Waals surface area contributed by atoms with Crippen molar-refractivity contribution in [1.29, 1.82) is 0 Å². The second-order valence-electron chi connectivity index (χ2n) is 7.31. The molecule has 0 amide bonds. The number of aryl methyl sites for hydroxylation is 1. The van der Waals surface area contributed by atoms with E-state index >= 15 is 0 Å². The molecule has 0 unspecified atom stereocenters. The van der Waals surface area contributed by atoms with Crippen LogP contribution < -0.4 is 0 Å². The second kappa shape index (κ2) is 7.50. The molecule has 6 heteroatoms. The minimum absolute atomic E-state index is 0.248. The van der Waals surface area contributed by atoms with E-state index in [1.54, 1.807) is 30.7 Å². The van der Waals surface area contributed by atoms with Crippen LogP contribution in [0.1, 0.15) is 16.1 Å². The van der Waals surface area contributed by atoms with Crippen molar-refractivity contribution in [1.82, 2.24) is 19.9 Å². The van der Waals surface area contributed by atoms with Crippen molar-refractivity contribution in [2.24, 2.45) is 0 Å². The van der Waals surface area contributed by atoms with Crippen LogP contribution >= 0.6 is 0 Å². The van der Waals surface area contributed by atoms with E-state index < -0.39 is 5.97 Å². The van der Waals surface area contributed by atoms with Crippen LogP contribution in [0.3, 0.4) is 0 Å². The highest BCUT2D eigenvalue weighted by molar-refractivity contribution is 5.91. The van der Waals surface area contributed by atoms with Gasteiger partial charge in [-0.25, -0.2) is 9.78 Å². The fraction of sp³-hybridized carbons (Fsp3) is 0.0400. The number of carbonyl (C=O) groups is 1. The van der Waals surface area contributed by atoms with Crippen LogP contribution in [0, 0.1) is 6.92 Å². The summed E-state index contributed by atoms with van der Waals surface area (Å²) < 4.78 is 0. The van der Waals surface area contributed by atoms with Gasteiger partial charge < -0.3 is 10.1 Å². The summed E-state index contributed by atoms with van der Waals surface area (Å²) in [5.74, 6) is -0.950. The van der Waals surface area contributed by atoms with E-state index in [-0.39, 0.29) is 5.56 Å². The molecule has 0 bridgehead atoms. The number of hydrogen-bond acceptors (Lipinski definition) is 4. The van der Waals surface area contributed by atoms with Crippen molar-refractivity contribution < 1.29 is 9.90 Å². The molecule has 150 valence electrons. The highest BCUT2D eigenvalue weighted by Crippen LogP contribution is 2.31. The minimum Gasteiger partial charge on any atom is -0.478 e. The molecule has 0 radical (unpaired) electrons. The van der Waals surface area contributed by atoms with E-state index in [0.717, 1.165) is 50.4 Å². The molecule has 0 aliphatic rings. The van der Waals surface area contributed by atoms with Gasteiger partial charge in [0.1, 0.15) is 0 Å². The molecule has 2 aromatic carbocycles. The van der Waals surface area contributed by atoms with Crippen molar-refractivity contribution in [3.05, 3.63) is 90.5 Å². The smallest absolute Gasteiger partial charge is 0.335 e. The number of nitrogens with zero attached hydrogens (tertiary/aromatic N) is 3. The number of imidazole rings is 1. The lowest BCUT2D eigenvalue weighted by atomic mass is 10.0. The third-order valence-electron chi connectivity index (χ3n) is 5.18. The molecule has 6 nitrogen and oxygen atoms in total. The number of aromatic amines is 1. The number of carboxylic acids is 1. The summed E-state index contributed by atoms with van der Waals surface area (Å²) in [7, 11) is 0. The first-order valence-electron chi connectivity index (χ1n) is 9.80. The zero-order chi connectivity index (χ0) is 21.4. The number of H-pyrrole nitrogens is 1. The molecule has 5 aromatic rings. The van der Waals surface area contributed by atoms with Crippen molar-refractivity contribution >= 4 is 16.9 Å². The largest absolute Gasteiger partial charge is 0.478 e. The number of fused-ring (bicyclic) bond motifs is 1. The van der Waals surface area contributed by atoms with Crippen LogP contribution in [0.15, 0.2) is 79.3 Å². The van der Waals surface area contributed by atoms with Crippen LogP contribution in [0.5, 0.6) is 0 Å². The van der Waals surface area contributed by atoms with Gasteiger partial charge in [-0.05, 0) is 55.0 Å². The van der Waals surface area contributed by atoms with Gasteiger partial charge in [-0.2, -0.15) is 0 Å². The summed E-state index contributed by atoms with van der Waals surface area (Å²) in [6, 6.07) is 20.8. The van der Waals surface area contributed by atoms with Gasteiger partial charge >= 0.3 is 5.97 Å². The van der Waals surface area contributed by atoms with E-state index in [9.17, 15) is 9.90 Å². The van der Waals surface area contributed by atoms with Crippen LogP contribution in [-0.2, 0) is 0 Å². The zero-order valence-corrected chi connectivity index (χ0v) is 16.7. The predicted octanol–water partition coefficient (Wildman–Crippen LogP) is 5.36. The Balaban J connectivity index is 1.59. The molecule has 5 rings (SSSR count). The summed E-state index contributed by atoms with van der Waals surface area (Å²) in [5.41, 5.74) is 7.18. The molecule has 3 aromatic heterocycles. The number of hydrogen-bond donors (Lipinski definition) is 2. The molecule has 0 spiro atoms. The van der Waals surface area contributed by atoms with E-state index in [2.05, 4.69) is 19.9 Å². The Hall–Kier alpha value is -4.32. The van der Waals surface area contributed by atoms with Gasteiger partial charge in [-0.1, -0.05) is 24.3 Å². The fourth-order valence-corrected chi connectivity index (χ4v) is 3.66. The minimum atomic E-state index is -0.950. The molecular formula is C25H18N4O2. The maximum Gasteiger partial charge on any atom is 0.335 e. The van der Waals surface area contributed by atoms with Gasteiger partial charge in [-0.15, -0.1) is 0 Å². The molecule has 31 heavy (non-hydrogen) atoms. The lowest BCUT2D eigenvalue weighted by Gasteiger charge is -2.07. The van der Waals surface area contributed by atoms with E-state index in [1.165, 1.54) is 0 Å². The maximum absolute atomic E-state index is 11.3. The number of rotatable bonds is 4. The Morgan fingerprint density at radius 2 is 1.74 bits per heavy atom. The van der Waals surface area contributed by atoms with Gasteiger partial charge in [-0.3, -0.25) is 9.97 Å². The number of aromatic carboxylic acids is 1. The molecule has 3 heterocycles. The summed E-state index contributed by atoms with van der Waals surface area (Å²) in [6.07, 6.45) is 3.44. The predicted molar refractivity (Wildman–Crippen MR) is 120 cm³/mol. The number of benzene rings is 2. The number of nitrogens with one attached hydrogen (secondary N) is 1. The van der Waals surface area contributed by atoms with Gasteiger partial charge in [0.25, 0.3) is 0 Å². The Labute approximate surface area is 178 Å². The average Bonchev–Trinajstić information content (AvgIpc) is 3.28. The van der Waals surface area contributed by atoms with Gasteiger partial charge in [0.05, 0.1) is 34.5 Å². The molecule has 0 saturated carbocycles. The van der Waals surface area contributed by atoms with E-state index in [1.807, 2.05) is 55.5 Å². The lowest BCUT2D eigenvalue weighted by molar-refractivity contribution is 0.0697. The van der Waals surface area contributed by atoms with E-state index in [0.29, 0.717) is 0 Å². The van der Waals surface area contributed by atoms with Crippen LogP contribution in [0.25, 0.3) is 44.7 Å². The van der Waals surface area contributed by atoms with Crippen LogP contribution in [0.4, 0.5) is 0 Å². The zero-order valence-electron chi connectivity index (χ0n) is 16.7. The molecule has 0 atom stereocenters. The second-order valence-corrected chi connectivity index (χ2v) is 7.31. The number of aromatic nitrogens is 4. The van der Waals surface area contributed by atoms with Crippen LogP contribution in [0.2, 0.25) is 0 Å². The van der Waals surface area contributed by atoms with Crippen molar-refractivity contribution in [2.75, 3.05) is 0 Å². The summed E-state index contributed by atoms with van der Waals surface area (Å²) in [4.78, 5) is 28.2. The summed E-state index contributed by atoms with van der Waals surface area (Å²) in [5, 5.41) is 10.2. The Bertz CT molecular complexity index is 1440. The Kier molecular flexibility index (Phi) is 4.52. The van der Waals surface area contributed by atoms with Crippen molar-refractivity contribution in [3.63, 3.8) is 0 Å². The molecular weight excluding hydrogens is 388 g/mol. The highest BCUT2D eigenvalue weighted by Gasteiger charge is 2.13. The summed E-state index contributed by atoms with van der Waals surface area (Å²) in [6.45, 7) is 1.96. The fourth-order valence-electron chi connectivity index (χ4n) is 3.66. The first kappa shape index (κ1) is 18.7. The van der Waals surface area contributed by atoms with Crippen molar-refractivity contribution in [2.45, 2.75) is 6.92 Å². The summed E-state index contributed by atoms with van der Waals surface area (Å²) >= 11 is 0.